The number of aldehydes is 1. The predicted octanol–water partition coefficient (Wildman–Crippen LogP) is 3.85. The first-order valence-electron chi connectivity index (χ1n) is 3.35. The molecule has 2 aromatic rings. The van der Waals surface area contributed by atoms with E-state index in [9.17, 15) is 4.79 Å². The molecule has 2 aromatic heterocycles. The predicted molar refractivity (Wildman–Crippen MR) is 57.5 cm³/mol. The maximum absolute atomic E-state index is 10.6. The van der Waals surface area contributed by atoms with Gasteiger partial charge in [-0.1, -0.05) is 0 Å². The Bertz CT molecular complexity index is 441. The van der Waals surface area contributed by atoms with E-state index in [4.69, 9.17) is 0 Å². The van der Waals surface area contributed by atoms with E-state index in [0.29, 0.717) is 0 Å². The average molecular weight is 261 g/mol. The molecule has 0 aliphatic rings. The minimum atomic E-state index is 0.792. The summed E-state index contributed by atoms with van der Waals surface area (Å²) in [5.41, 5.74) is 1.26. The fraction of sp³-hybridized carbons (Fsp3) is 0.125. The minimum absolute atomic E-state index is 0.792. The van der Waals surface area contributed by atoms with Crippen molar-refractivity contribution in [1.82, 2.24) is 0 Å². The van der Waals surface area contributed by atoms with Crippen LogP contribution in [0.2, 0.25) is 0 Å². The van der Waals surface area contributed by atoms with Crippen LogP contribution < -0.4 is 0 Å². The van der Waals surface area contributed by atoms with Crippen molar-refractivity contribution in [2.45, 2.75) is 6.92 Å². The van der Waals surface area contributed by atoms with E-state index in [1.54, 1.807) is 22.7 Å². The largest absolute Gasteiger partial charge is 0.297 e. The van der Waals surface area contributed by atoms with Gasteiger partial charge < -0.3 is 0 Å². The van der Waals surface area contributed by atoms with Gasteiger partial charge in [-0.2, -0.15) is 0 Å². The van der Waals surface area contributed by atoms with Crippen molar-refractivity contribution in [3.8, 4) is 0 Å². The highest BCUT2D eigenvalue weighted by molar-refractivity contribution is 9.10. The third-order valence-electron chi connectivity index (χ3n) is 1.65. The van der Waals surface area contributed by atoms with Crippen LogP contribution in [0.3, 0.4) is 0 Å². The lowest BCUT2D eigenvalue weighted by Crippen LogP contribution is -1.68. The lowest BCUT2D eigenvalue weighted by atomic mass is 10.3. The topological polar surface area (TPSA) is 17.1 Å². The van der Waals surface area contributed by atoms with Crippen LogP contribution in [0.25, 0.3) is 9.40 Å². The van der Waals surface area contributed by atoms with Gasteiger partial charge in [-0.05, 0) is 33.8 Å². The molecule has 0 aliphatic heterocycles. The molecule has 4 heteroatoms. The van der Waals surface area contributed by atoms with Gasteiger partial charge >= 0.3 is 0 Å². The second-order valence-electron chi connectivity index (χ2n) is 2.48. The summed E-state index contributed by atoms with van der Waals surface area (Å²) in [5, 5.41) is 2.11. The Morgan fingerprint density at radius 1 is 1.50 bits per heavy atom. The molecule has 0 saturated carbocycles. The molecule has 0 radical (unpaired) electrons. The van der Waals surface area contributed by atoms with Gasteiger partial charge in [-0.3, -0.25) is 4.79 Å². The summed E-state index contributed by atoms with van der Waals surface area (Å²) in [6.07, 6.45) is 0.904. The Hall–Kier alpha value is -0.190. The number of carbonyl (C=O) groups is 1. The van der Waals surface area contributed by atoms with Gasteiger partial charge in [0.1, 0.15) is 0 Å². The molecule has 0 amide bonds. The van der Waals surface area contributed by atoms with E-state index in [2.05, 4.69) is 28.2 Å². The molecule has 2 heterocycles. The molecule has 62 valence electrons. The Kier molecular flexibility index (Phi) is 2.06. The second-order valence-corrected chi connectivity index (χ2v) is 5.20. The van der Waals surface area contributed by atoms with E-state index in [0.717, 1.165) is 15.6 Å². The number of hydrogen-bond donors (Lipinski definition) is 0. The molecule has 0 N–H and O–H groups in total. The zero-order chi connectivity index (χ0) is 8.72. The Balaban J connectivity index is 2.87. The lowest BCUT2D eigenvalue weighted by molar-refractivity contribution is 0.112. The molecule has 0 aliphatic carbocycles. The van der Waals surface area contributed by atoms with Gasteiger partial charge in [-0.15, -0.1) is 22.7 Å². The molecule has 0 unspecified atom stereocenters. The standard InChI is InChI=1S/C8H5BrOS2/c1-4-3-11-8-6(9)5(2-10)12-7(4)8/h2-3H,1H3. The van der Waals surface area contributed by atoms with Gasteiger partial charge in [0.05, 0.1) is 14.0 Å². The fourth-order valence-electron chi connectivity index (χ4n) is 1.05. The van der Waals surface area contributed by atoms with E-state index < -0.39 is 0 Å². The molecule has 2 rings (SSSR count). The van der Waals surface area contributed by atoms with Crippen LogP contribution in [0.5, 0.6) is 0 Å². The van der Waals surface area contributed by atoms with Gasteiger partial charge in [-0.25, -0.2) is 0 Å². The van der Waals surface area contributed by atoms with Gasteiger partial charge in [0.15, 0.2) is 6.29 Å². The van der Waals surface area contributed by atoms with Crippen LogP contribution in [-0.2, 0) is 0 Å². The monoisotopic (exact) mass is 260 g/mol. The first kappa shape index (κ1) is 8.41. The Morgan fingerprint density at radius 3 is 2.83 bits per heavy atom. The number of rotatable bonds is 1. The van der Waals surface area contributed by atoms with Gasteiger partial charge in [0.2, 0.25) is 0 Å². The van der Waals surface area contributed by atoms with Crippen molar-refractivity contribution < 1.29 is 4.79 Å². The van der Waals surface area contributed by atoms with E-state index in [1.807, 2.05) is 0 Å². The summed E-state index contributed by atoms with van der Waals surface area (Å²) in [6, 6.07) is 0. The highest BCUT2D eigenvalue weighted by Gasteiger charge is 2.11. The number of aryl methyl sites for hydroxylation is 1. The van der Waals surface area contributed by atoms with Crippen molar-refractivity contribution in [1.29, 1.82) is 0 Å². The summed E-state index contributed by atoms with van der Waals surface area (Å²) in [5.74, 6) is 0. The van der Waals surface area contributed by atoms with Gasteiger partial charge in [0.25, 0.3) is 0 Å². The summed E-state index contributed by atoms with van der Waals surface area (Å²) in [6.45, 7) is 2.07. The number of carbonyl (C=O) groups excluding carboxylic acids is 1. The summed E-state index contributed by atoms with van der Waals surface area (Å²) in [7, 11) is 0. The molecule has 0 fully saturated rings. The lowest BCUT2D eigenvalue weighted by Gasteiger charge is -1.80. The van der Waals surface area contributed by atoms with Gasteiger partial charge in [0, 0.05) is 4.70 Å². The van der Waals surface area contributed by atoms with Crippen LogP contribution in [0.4, 0.5) is 0 Å². The SMILES string of the molecule is Cc1csc2c(Br)c(C=O)sc12. The quantitative estimate of drug-likeness (QED) is 0.713. The Morgan fingerprint density at radius 2 is 2.25 bits per heavy atom. The average Bonchev–Trinajstić information content (AvgIpc) is 2.55. The fourth-order valence-corrected chi connectivity index (χ4v) is 4.18. The third-order valence-corrected chi connectivity index (χ3v) is 5.50. The molecule has 0 saturated heterocycles. The molecular weight excluding hydrogens is 256 g/mol. The zero-order valence-corrected chi connectivity index (χ0v) is 9.48. The smallest absolute Gasteiger partial charge is 0.161 e. The molecule has 0 bridgehead atoms. The molecule has 0 aromatic carbocycles. The first-order valence-corrected chi connectivity index (χ1v) is 5.84. The molecular formula is C8H5BrOS2. The zero-order valence-electron chi connectivity index (χ0n) is 6.26. The molecule has 1 nitrogen and oxygen atoms in total. The van der Waals surface area contributed by atoms with Crippen molar-refractivity contribution in [2.75, 3.05) is 0 Å². The van der Waals surface area contributed by atoms with Crippen LogP contribution in [-0.4, -0.2) is 6.29 Å². The highest BCUT2D eigenvalue weighted by atomic mass is 79.9. The number of halogens is 1. The van der Waals surface area contributed by atoms with Crippen molar-refractivity contribution in [3.63, 3.8) is 0 Å². The maximum Gasteiger partial charge on any atom is 0.161 e. The normalized spacial score (nSPS) is 10.8. The Labute approximate surface area is 86.2 Å². The highest BCUT2D eigenvalue weighted by Crippen LogP contribution is 2.40. The van der Waals surface area contributed by atoms with Crippen LogP contribution in [0, 0.1) is 6.92 Å². The van der Waals surface area contributed by atoms with Crippen LogP contribution in [0.1, 0.15) is 15.2 Å². The summed E-state index contributed by atoms with van der Waals surface area (Å²) in [4.78, 5) is 11.4. The summed E-state index contributed by atoms with van der Waals surface area (Å²) >= 11 is 6.65. The van der Waals surface area contributed by atoms with Crippen LogP contribution >= 0.6 is 38.6 Å². The van der Waals surface area contributed by atoms with Crippen molar-refractivity contribution >= 4 is 54.3 Å². The van der Waals surface area contributed by atoms with Crippen LogP contribution in [0.15, 0.2) is 9.85 Å². The van der Waals surface area contributed by atoms with E-state index in [1.165, 1.54) is 15.0 Å². The van der Waals surface area contributed by atoms with E-state index >= 15 is 0 Å². The van der Waals surface area contributed by atoms with E-state index in [-0.39, 0.29) is 0 Å². The molecule has 0 atom stereocenters. The second kappa shape index (κ2) is 2.94. The number of thiophene rings is 2. The maximum atomic E-state index is 10.6. The first-order chi connectivity index (χ1) is 5.74. The van der Waals surface area contributed by atoms with Crippen molar-refractivity contribution in [2.24, 2.45) is 0 Å². The molecule has 0 spiro atoms. The molecule has 12 heavy (non-hydrogen) atoms. The number of hydrogen-bond acceptors (Lipinski definition) is 3. The number of fused-ring (bicyclic) bond motifs is 1. The van der Waals surface area contributed by atoms with Crippen molar-refractivity contribution in [3.05, 3.63) is 20.3 Å². The minimum Gasteiger partial charge on any atom is -0.297 e. The summed E-state index contributed by atoms with van der Waals surface area (Å²) < 4.78 is 3.38. The third kappa shape index (κ3) is 1.06.